The van der Waals surface area contributed by atoms with E-state index in [4.69, 9.17) is 14.2 Å². The molecule has 5 nitrogen and oxygen atoms in total. The minimum absolute atomic E-state index is 0.0745. The molecule has 1 unspecified atom stereocenters. The molecule has 372 valence electrons. The van der Waals surface area contributed by atoms with Crippen LogP contribution in [0.15, 0.2) is 60.8 Å². The van der Waals surface area contributed by atoms with Crippen LogP contribution < -0.4 is 0 Å². The summed E-state index contributed by atoms with van der Waals surface area (Å²) in [5.74, 6) is -0.416. The monoisotopic (exact) mass is 895 g/mol. The second-order valence-electron chi connectivity index (χ2n) is 18.5. The zero-order valence-corrected chi connectivity index (χ0v) is 42.8. The first-order valence-electron chi connectivity index (χ1n) is 27.8. The molecule has 0 saturated carbocycles. The fraction of sp³-hybridized carbons (Fsp3) is 0.797. The van der Waals surface area contributed by atoms with Crippen molar-refractivity contribution >= 4 is 11.9 Å². The number of unbranched alkanes of at least 4 members (excludes halogenated alkanes) is 30. The molecule has 0 N–H and O–H groups in total. The lowest BCUT2D eigenvalue weighted by Gasteiger charge is -2.18. The molecule has 0 aliphatic heterocycles. The number of carbonyl (C=O) groups is 2. The van der Waals surface area contributed by atoms with Gasteiger partial charge in [-0.15, -0.1) is 0 Å². The highest BCUT2D eigenvalue weighted by molar-refractivity contribution is 5.70. The summed E-state index contributed by atoms with van der Waals surface area (Å²) in [5.41, 5.74) is 0. The van der Waals surface area contributed by atoms with E-state index in [9.17, 15) is 9.59 Å². The summed E-state index contributed by atoms with van der Waals surface area (Å²) in [6, 6.07) is 0. The quantitative estimate of drug-likeness (QED) is 0.0346. The maximum absolute atomic E-state index is 12.8. The van der Waals surface area contributed by atoms with E-state index in [0.717, 1.165) is 70.6 Å². The largest absolute Gasteiger partial charge is 0.462 e. The molecule has 0 saturated heterocycles. The molecule has 0 aliphatic carbocycles. The van der Waals surface area contributed by atoms with Gasteiger partial charge in [-0.25, -0.2) is 0 Å². The van der Waals surface area contributed by atoms with Crippen LogP contribution >= 0.6 is 0 Å². The van der Waals surface area contributed by atoms with Crippen LogP contribution in [-0.2, 0) is 23.8 Å². The number of allylic oxidation sites excluding steroid dienone is 10. The van der Waals surface area contributed by atoms with Gasteiger partial charge in [0.25, 0.3) is 0 Å². The molecule has 0 rings (SSSR count). The van der Waals surface area contributed by atoms with Crippen LogP contribution in [0, 0.1) is 0 Å². The number of ether oxygens (including phenoxy) is 3. The maximum atomic E-state index is 12.8. The second kappa shape index (κ2) is 54.9. The Hall–Kier alpha value is -2.40. The highest BCUT2D eigenvalue weighted by Crippen LogP contribution is 2.14. The fourth-order valence-corrected chi connectivity index (χ4v) is 7.81. The van der Waals surface area contributed by atoms with Crippen LogP contribution in [-0.4, -0.2) is 37.9 Å². The van der Waals surface area contributed by atoms with E-state index in [-0.39, 0.29) is 25.2 Å². The Bertz CT molecular complexity index is 1100. The van der Waals surface area contributed by atoms with E-state index >= 15 is 0 Å². The van der Waals surface area contributed by atoms with Crippen molar-refractivity contribution in [2.75, 3.05) is 19.8 Å². The van der Waals surface area contributed by atoms with Crippen molar-refractivity contribution in [2.24, 2.45) is 0 Å². The van der Waals surface area contributed by atoms with E-state index in [2.05, 4.69) is 81.5 Å². The van der Waals surface area contributed by atoms with E-state index < -0.39 is 6.10 Å². The van der Waals surface area contributed by atoms with E-state index in [0.29, 0.717) is 19.4 Å². The number of hydrogen-bond donors (Lipinski definition) is 0. The van der Waals surface area contributed by atoms with Gasteiger partial charge in [-0.2, -0.15) is 0 Å². The van der Waals surface area contributed by atoms with Crippen LogP contribution in [0.5, 0.6) is 0 Å². The Balaban J connectivity index is 4.27. The maximum Gasteiger partial charge on any atom is 0.306 e. The summed E-state index contributed by atoms with van der Waals surface area (Å²) in [7, 11) is 0. The van der Waals surface area contributed by atoms with Crippen LogP contribution in [0.25, 0.3) is 0 Å². The van der Waals surface area contributed by atoms with Crippen LogP contribution in [0.4, 0.5) is 0 Å². The normalized spacial score (nSPS) is 12.6. The summed E-state index contributed by atoms with van der Waals surface area (Å²) >= 11 is 0. The van der Waals surface area contributed by atoms with Crippen LogP contribution in [0.2, 0.25) is 0 Å². The van der Waals surface area contributed by atoms with Gasteiger partial charge in [0.1, 0.15) is 6.61 Å². The predicted octanol–water partition coefficient (Wildman–Crippen LogP) is 18.9. The molecular formula is C59H106O5. The van der Waals surface area contributed by atoms with E-state index in [1.54, 1.807) is 0 Å². The first-order chi connectivity index (χ1) is 31.6. The van der Waals surface area contributed by atoms with Crippen molar-refractivity contribution in [2.45, 2.75) is 284 Å². The summed E-state index contributed by atoms with van der Waals surface area (Å²) in [6.45, 7) is 7.74. The minimum Gasteiger partial charge on any atom is -0.462 e. The van der Waals surface area contributed by atoms with Crippen LogP contribution in [0.3, 0.4) is 0 Å². The lowest BCUT2D eigenvalue weighted by atomic mass is 10.1. The molecule has 0 spiro atoms. The SMILES string of the molecule is CCC/C=C\C/C=C\CCCCCCCC(=O)OC(COCCCCCCCCCC/C=C\CCCCCCCC)COC(=O)CCCCCCCCC/C=C\C/C=C\CCCCC. The van der Waals surface area contributed by atoms with Gasteiger partial charge in [0.15, 0.2) is 6.10 Å². The first kappa shape index (κ1) is 61.6. The van der Waals surface area contributed by atoms with Crippen molar-refractivity contribution in [3.63, 3.8) is 0 Å². The third-order valence-corrected chi connectivity index (χ3v) is 12.0. The predicted molar refractivity (Wildman–Crippen MR) is 279 cm³/mol. The van der Waals surface area contributed by atoms with Gasteiger partial charge in [-0.05, 0) is 103 Å². The molecule has 0 aromatic carbocycles. The number of carbonyl (C=O) groups excluding carboxylic acids is 2. The molecule has 0 aromatic heterocycles. The smallest absolute Gasteiger partial charge is 0.306 e. The molecular weight excluding hydrogens is 789 g/mol. The molecule has 0 fully saturated rings. The fourth-order valence-electron chi connectivity index (χ4n) is 7.81. The summed E-state index contributed by atoms with van der Waals surface area (Å²) in [4.78, 5) is 25.4. The van der Waals surface area contributed by atoms with Gasteiger partial charge in [-0.1, -0.05) is 223 Å². The van der Waals surface area contributed by atoms with Gasteiger partial charge in [0, 0.05) is 19.4 Å². The standard InChI is InChI=1S/C59H106O5/c1-4-7-10-13-16-19-22-25-27-29-31-33-36-39-42-45-48-51-54-62-55-57(64-59(61)53-50-47-44-41-38-34-24-21-18-15-12-9-6-3)56-63-58(60)52-49-46-43-40-37-35-32-30-28-26-23-20-17-14-11-8-5-2/h12,15,17,20-21,24-28,57H,4-11,13-14,16,18-19,22-23,29-56H2,1-3H3/b15-12-,20-17-,24-21-,27-25-,28-26-. The molecule has 0 aliphatic rings. The Morgan fingerprint density at radius 2 is 0.688 bits per heavy atom. The molecule has 0 bridgehead atoms. The molecule has 1 atom stereocenters. The van der Waals surface area contributed by atoms with Crippen LogP contribution in [0.1, 0.15) is 278 Å². The molecule has 5 heteroatoms. The van der Waals surface area contributed by atoms with Crippen molar-refractivity contribution in [1.29, 1.82) is 0 Å². The number of rotatable bonds is 51. The van der Waals surface area contributed by atoms with Gasteiger partial charge in [-0.3, -0.25) is 9.59 Å². The summed E-state index contributed by atoms with van der Waals surface area (Å²) in [6.07, 6.45) is 69.5. The molecule has 0 amide bonds. The number of esters is 2. The van der Waals surface area contributed by atoms with Gasteiger partial charge in [0.2, 0.25) is 0 Å². The zero-order chi connectivity index (χ0) is 46.3. The topological polar surface area (TPSA) is 61.8 Å². The van der Waals surface area contributed by atoms with Crippen molar-refractivity contribution < 1.29 is 23.8 Å². The highest BCUT2D eigenvalue weighted by atomic mass is 16.6. The molecule has 0 heterocycles. The third kappa shape index (κ3) is 52.2. The van der Waals surface area contributed by atoms with Crippen molar-refractivity contribution in [3.05, 3.63) is 60.8 Å². The minimum atomic E-state index is -0.549. The third-order valence-electron chi connectivity index (χ3n) is 12.0. The van der Waals surface area contributed by atoms with E-state index in [1.165, 1.54) is 173 Å². The second-order valence-corrected chi connectivity index (χ2v) is 18.5. The van der Waals surface area contributed by atoms with Gasteiger partial charge < -0.3 is 14.2 Å². The highest BCUT2D eigenvalue weighted by Gasteiger charge is 2.17. The lowest BCUT2D eigenvalue weighted by molar-refractivity contribution is -0.163. The first-order valence-corrected chi connectivity index (χ1v) is 27.8. The Kier molecular flexibility index (Phi) is 52.9. The van der Waals surface area contributed by atoms with Gasteiger partial charge >= 0.3 is 11.9 Å². The average Bonchev–Trinajstić information content (AvgIpc) is 3.30. The zero-order valence-electron chi connectivity index (χ0n) is 42.8. The Labute approximate surface area is 398 Å². The van der Waals surface area contributed by atoms with Crippen molar-refractivity contribution in [3.8, 4) is 0 Å². The van der Waals surface area contributed by atoms with Crippen molar-refractivity contribution in [1.82, 2.24) is 0 Å². The summed E-state index contributed by atoms with van der Waals surface area (Å²) < 4.78 is 17.4. The molecule has 0 radical (unpaired) electrons. The Morgan fingerprint density at radius 3 is 1.14 bits per heavy atom. The molecule has 64 heavy (non-hydrogen) atoms. The summed E-state index contributed by atoms with van der Waals surface area (Å²) in [5, 5.41) is 0. The number of hydrogen-bond acceptors (Lipinski definition) is 5. The van der Waals surface area contributed by atoms with E-state index in [1.807, 2.05) is 0 Å². The average molecular weight is 895 g/mol. The van der Waals surface area contributed by atoms with Gasteiger partial charge in [0.05, 0.1) is 6.61 Å². The lowest BCUT2D eigenvalue weighted by Crippen LogP contribution is -2.30. The molecule has 0 aromatic rings. The Morgan fingerprint density at radius 1 is 0.344 bits per heavy atom.